The monoisotopic (exact) mass is 311 g/mol. The van der Waals surface area contributed by atoms with Crippen LogP contribution in [0.1, 0.15) is 25.7 Å². The van der Waals surface area contributed by atoms with Gasteiger partial charge in [0, 0.05) is 13.1 Å². The highest BCUT2D eigenvalue weighted by molar-refractivity contribution is 6.30. The Morgan fingerprint density at radius 3 is 2.62 bits per heavy atom. The molecule has 21 heavy (non-hydrogen) atoms. The van der Waals surface area contributed by atoms with Crippen LogP contribution in [-0.4, -0.2) is 45.3 Å². The number of piperidine rings is 1. The van der Waals surface area contributed by atoms with Gasteiger partial charge in [-0.2, -0.15) is 0 Å². The molecule has 1 saturated heterocycles. The quantitative estimate of drug-likeness (QED) is 0.878. The van der Waals surface area contributed by atoms with Gasteiger partial charge in [0.15, 0.2) is 0 Å². The van der Waals surface area contributed by atoms with Crippen LogP contribution in [0.5, 0.6) is 0 Å². The molecule has 2 N–H and O–H groups in total. The highest BCUT2D eigenvalue weighted by Crippen LogP contribution is 2.45. The molecule has 0 aromatic carbocycles. The summed E-state index contributed by atoms with van der Waals surface area (Å²) < 4.78 is 0. The minimum atomic E-state index is -1.12. The first-order valence-electron chi connectivity index (χ1n) is 7.15. The van der Waals surface area contributed by atoms with E-state index >= 15 is 0 Å². The van der Waals surface area contributed by atoms with Crippen LogP contribution in [0.15, 0.2) is 12.4 Å². The number of halogens is 1. The molecule has 2 fully saturated rings. The van der Waals surface area contributed by atoms with Crippen molar-refractivity contribution in [1.29, 1.82) is 0 Å². The molecule has 2 heterocycles. The molecule has 6 nitrogen and oxygen atoms in total. The van der Waals surface area contributed by atoms with E-state index in [1.165, 1.54) is 12.4 Å². The number of rotatable bonds is 4. The minimum absolute atomic E-state index is 0.238. The number of carboxylic acid groups (broad SMARTS) is 1. The molecule has 1 aromatic rings. The number of carbonyl (C=O) groups is 1. The highest BCUT2D eigenvalue weighted by atomic mass is 35.5. The summed E-state index contributed by atoms with van der Waals surface area (Å²) in [6.45, 7) is 0.782. The van der Waals surface area contributed by atoms with Crippen molar-refractivity contribution in [2.45, 2.75) is 31.8 Å². The zero-order chi connectivity index (χ0) is 15.0. The van der Waals surface area contributed by atoms with Crippen LogP contribution in [-0.2, 0) is 4.79 Å². The summed E-state index contributed by atoms with van der Waals surface area (Å²) in [7, 11) is 0. The van der Waals surface area contributed by atoms with E-state index in [4.69, 9.17) is 11.6 Å². The van der Waals surface area contributed by atoms with Gasteiger partial charge in [-0.05, 0) is 18.8 Å². The Morgan fingerprint density at radius 2 is 2.05 bits per heavy atom. The third-order valence-electron chi connectivity index (χ3n) is 4.45. The molecule has 0 spiro atoms. The van der Waals surface area contributed by atoms with Gasteiger partial charge in [0.25, 0.3) is 0 Å². The van der Waals surface area contributed by atoms with E-state index in [1.54, 1.807) is 0 Å². The van der Waals surface area contributed by atoms with Crippen LogP contribution in [0, 0.1) is 11.3 Å². The molecule has 1 aliphatic heterocycles. The van der Waals surface area contributed by atoms with Crippen molar-refractivity contribution in [3.8, 4) is 0 Å². The van der Waals surface area contributed by atoms with Crippen molar-refractivity contribution in [3.63, 3.8) is 0 Å². The molecule has 0 bridgehead atoms. The van der Waals surface area contributed by atoms with Gasteiger partial charge in [0.05, 0.1) is 23.5 Å². The van der Waals surface area contributed by atoms with Gasteiger partial charge >= 0.3 is 5.97 Å². The lowest BCUT2D eigenvalue weighted by atomic mass is 9.73. The molecule has 1 saturated carbocycles. The van der Waals surface area contributed by atoms with Gasteiger partial charge in [-0.3, -0.25) is 4.79 Å². The Hall–Kier alpha value is -1.40. The SMILES string of the molecule is O=C(O)[C@@]1(CC2CC2)CN(c2ncc(Cl)cn2)CCC1O. The predicted octanol–water partition coefficient (Wildman–Crippen LogP) is 1.57. The summed E-state index contributed by atoms with van der Waals surface area (Å²) in [5, 5.41) is 20.4. The molecule has 0 radical (unpaired) electrons. The number of aliphatic hydroxyl groups is 1. The van der Waals surface area contributed by atoms with Crippen molar-refractivity contribution in [1.82, 2.24) is 9.97 Å². The van der Waals surface area contributed by atoms with E-state index in [0.717, 1.165) is 12.8 Å². The third kappa shape index (κ3) is 2.82. The van der Waals surface area contributed by atoms with E-state index in [9.17, 15) is 15.0 Å². The first-order valence-corrected chi connectivity index (χ1v) is 7.53. The van der Waals surface area contributed by atoms with Gasteiger partial charge in [-0.1, -0.05) is 24.4 Å². The Balaban J connectivity index is 1.85. The Bertz CT molecular complexity index is 535. The average Bonchev–Trinajstić information content (AvgIpc) is 3.26. The first kappa shape index (κ1) is 14.5. The van der Waals surface area contributed by atoms with Gasteiger partial charge in [-0.25, -0.2) is 9.97 Å². The fourth-order valence-corrected chi connectivity index (χ4v) is 3.15. The van der Waals surface area contributed by atoms with Crippen LogP contribution in [0.3, 0.4) is 0 Å². The zero-order valence-electron chi connectivity index (χ0n) is 11.6. The van der Waals surface area contributed by atoms with Gasteiger partial charge in [0.1, 0.15) is 5.41 Å². The molecule has 2 atom stereocenters. The summed E-state index contributed by atoms with van der Waals surface area (Å²) in [6.07, 6.45) is 5.21. The molecule has 1 aromatic heterocycles. The standard InChI is InChI=1S/C14H18ClN3O3/c15-10-6-16-13(17-7-10)18-4-3-11(19)14(8-18,12(20)21)5-9-1-2-9/h6-7,9,11,19H,1-5,8H2,(H,20,21)/t11?,14-/m0/s1. The average molecular weight is 312 g/mol. The maximum atomic E-state index is 11.8. The first-order chi connectivity index (χ1) is 10.0. The number of aliphatic carboxylic acids is 1. The number of aliphatic hydroxyl groups excluding tert-OH is 1. The molecule has 1 aliphatic carbocycles. The number of hydrogen-bond donors (Lipinski definition) is 2. The molecular formula is C14H18ClN3O3. The van der Waals surface area contributed by atoms with Crippen LogP contribution in [0.25, 0.3) is 0 Å². The zero-order valence-corrected chi connectivity index (χ0v) is 12.3. The Labute approximate surface area is 127 Å². The fraction of sp³-hybridized carbons (Fsp3) is 0.643. The van der Waals surface area contributed by atoms with Gasteiger partial charge in [-0.15, -0.1) is 0 Å². The highest BCUT2D eigenvalue weighted by Gasteiger charge is 2.52. The van der Waals surface area contributed by atoms with Crippen molar-refractivity contribution in [3.05, 3.63) is 17.4 Å². The maximum absolute atomic E-state index is 11.8. The second-order valence-electron chi connectivity index (χ2n) is 6.04. The van der Waals surface area contributed by atoms with Crippen LogP contribution in [0.4, 0.5) is 5.95 Å². The molecule has 0 amide bonds. The Kier molecular flexibility index (Phi) is 3.75. The van der Waals surface area contributed by atoms with Crippen LogP contribution < -0.4 is 4.90 Å². The smallest absolute Gasteiger partial charge is 0.314 e. The van der Waals surface area contributed by atoms with E-state index in [0.29, 0.717) is 36.3 Å². The topological polar surface area (TPSA) is 86.5 Å². The summed E-state index contributed by atoms with van der Waals surface area (Å²) >= 11 is 5.78. The number of anilines is 1. The lowest BCUT2D eigenvalue weighted by molar-refractivity contribution is -0.158. The summed E-state index contributed by atoms with van der Waals surface area (Å²) in [5.74, 6) is -0.0462. The van der Waals surface area contributed by atoms with Crippen molar-refractivity contribution in [2.75, 3.05) is 18.0 Å². The van der Waals surface area contributed by atoms with E-state index in [1.807, 2.05) is 4.90 Å². The second kappa shape index (κ2) is 5.42. The molecule has 114 valence electrons. The van der Waals surface area contributed by atoms with E-state index in [2.05, 4.69) is 9.97 Å². The minimum Gasteiger partial charge on any atom is -0.481 e. The number of aromatic nitrogens is 2. The van der Waals surface area contributed by atoms with E-state index in [-0.39, 0.29) is 6.54 Å². The van der Waals surface area contributed by atoms with Gasteiger partial charge in [0.2, 0.25) is 5.95 Å². The van der Waals surface area contributed by atoms with Crippen LogP contribution in [0.2, 0.25) is 5.02 Å². The van der Waals surface area contributed by atoms with Crippen molar-refractivity contribution < 1.29 is 15.0 Å². The van der Waals surface area contributed by atoms with Crippen molar-refractivity contribution >= 4 is 23.5 Å². The molecule has 3 rings (SSSR count). The van der Waals surface area contributed by atoms with Crippen LogP contribution >= 0.6 is 11.6 Å². The third-order valence-corrected chi connectivity index (χ3v) is 4.64. The molecular weight excluding hydrogens is 294 g/mol. The predicted molar refractivity (Wildman–Crippen MR) is 77.3 cm³/mol. The largest absolute Gasteiger partial charge is 0.481 e. The maximum Gasteiger partial charge on any atom is 0.314 e. The lowest BCUT2D eigenvalue weighted by Crippen LogP contribution is -2.56. The number of hydrogen-bond acceptors (Lipinski definition) is 5. The molecule has 1 unspecified atom stereocenters. The van der Waals surface area contributed by atoms with Gasteiger partial charge < -0.3 is 15.1 Å². The number of carboxylic acids is 1. The normalized spacial score (nSPS) is 29.4. The molecule has 2 aliphatic rings. The van der Waals surface area contributed by atoms with E-state index < -0.39 is 17.5 Å². The Morgan fingerprint density at radius 1 is 1.38 bits per heavy atom. The fourth-order valence-electron chi connectivity index (χ4n) is 3.05. The second-order valence-corrected chi connectivity index (χ2v) is 6.47. The summed E-state index contributed by atoms with van der Waals surface area (Å²) in [6, 6.07) is 0. The summed E-state index contributed by atoms with van der Waals surface area (Å²) in [5.41, 5.74) is -1.12. The van der Waals surface area contributed by atoms with Crippen molar-refractivity contribution in [2.24, 2.45) is 11.3 Å². The lowest BCUT2D eigenvalue weighted by Gasteiger charge is -2.43. The number of nitrogens with zero attached hydrogens (tertiary/aromatic N) is 3. The molecule has 7 heteroatoms. The summed E-state index contributed by atoms with van der Waals surface area (Å²) in [4.78, 5) is 22.0.